The van der Waals surface area contributed by atoms with Gasteiger partial charge in [0.15, 0.2) is 0 Å². The molecule has 2 amide bonds. The average molecular weight is 234 g/mol. The van der Waals surface area contributed by atoms with Gasteiger partial charge in [0, 0.05) is 18.2 Å². The number of carbonyl (C=O) groups excluding carboxylic acids is 2. The number of primary amides is 1. The van der Waals surface area contributed by atoms with E-state index >= 15 is 0 Å². The molecule has 0 spiro atoms. The normalized spacial score (nSPS) is 11.1. The molecule has 0 aromatic heterocycles. The van der Waals surface area contributed by atoms with E-state index in [9.17, 15) is 9.59 Å². The van der Waals surface area contributed by atoms with Gasteiger partial charge in [-0.3, -0.25) is 9.59 Å². The zero-order chi connectivity index (χ0) is 13.2. The number of benzene rings is 1. The number of nitrogens with two attached hydrogens (primary N) is 1. The number of amides is 2. The van der Waals surface area contributed by atoms with Gasteiger partial charge in [-0.25, -0.2) is 0 Å². The molecule has 0 aliphatic rings. The first-order valence-corrected chi connectivity index (χ1v) is 5.44. The molecule has 3 N–H and O–H groups in total. The topological polar surface area (TPSA) is 72.2 Å². The molecule has 4 heteroatoms. The molecule has 0 atom stereocenters. The lowest BCUT2D eigenvalue weighted by Gasteiger charge is -2.25. The first-order valence-electron chi connectivity index (χ1n) is 5.44. The Morgan fingerprint density at radius 3 is 2.24 bits per heavy atom. The molecule has 0 saturated carbocycles. The quantitative estimate of drug-likeness (QED) is 0.822. The summed E-state index contributed by atoms with van der Waals surface area (Å²) in [6.07, 6.45) is 0. The van der Waals surface area contributed by atoms with Crippen LogP contribution in [0.15, 0.2) is 18.2 Å². The molecule has 1 aromatic carbocycles. The maximum absolute atomic E-state index is 11.4. The largest absolute Gasteiger partial charge is 0.366 e. The molecule has 0 aliphatic carbocycles. The van der Waals surface area contributed by atoms with Crippen LogP contribution in [0.4, 0.5) is 5.69 Å². The van der Waals surface area contributed by atoms with Crippen LogP contribution >= 0.6 is 0 Å². The summed E-state index contributed by atoms with van der Waals surface area (Å²) in [5.41, 5.74) is 6.94. The van der Waals surface area contributed by atoms with Crippen molar-refractivity contribution in [3.05, 3.63) is 29.3 Å². The lowest BCUT2D eigenvalue weighted by atomic mass is 9.82. The molecule has 1 aromatic rings. The molecule has 0 unspecified atom stereocenters. The van der Waals surface area contributed by atoms with Crippen LogP contribution in [0.2, 0.25) is 0 Å². The smallest absolute Gasteiger partial charge is 0.249 e. The van der Waals surface area contributed by atoms with Gasteiger partial charge in [0.25, 0.3) is 0 Å². The van der Waals surface area contributed by atoms with Crippen LogP contribution < -0.4 is 11.1 Å². The van der Waals surface area contributed by atoms with Gasteiger partial charge >= 0.3 is 0 Å². The molecule has 0 saturated heterocycles. The van der Waals surface area contributed by atoms with E-state index in [1.807, 2.05) is 20.8 Å². The molecule has 1 rings (SSSR count). The fourth-order valence-corrected chi connectivity index (χ4v) is 1.86. The van der Waals surface area contributed by atoms with Gasteiger partial charge in [0.2, 0.25) is 11.8 Å². The van der Waals surface area contributed by atoms with E-state index in [2.05, 4.69) is 5.32 Å². The third kappa shape index (κ3) is 3.06. The second-order valence-electron chi connectivity index (χ2n) is 5.02. The van der Waals surface area contributed by atoms with Crippen molar-refractivity contribution in [2.45, 2.75) is 33.1 Å². The standard InChI is InChI=1S/C13H18N2O2/c1-8(16)15-10-7-5-6-9(12(14)17)11(10)13(2,3)4/h5-7H,1-4H3,(H2,14,17)(H,15,16). The number of hydrogen-bond donors (Lipinski definition) is 2. The summed E-state index contributed by atoms with van der Waals surface area (Å²) in [5, 5.41) is 2.73. The van der Waals surface area contributed by atoms with E-state index in [1.165, 1.54) is 6.92 Å². The second kappa shape index (κ2) is 4.57. The minimum atomic E-state index is -0.484. The van der Waals surface area contributed by atoms with Crippen molar-refractivity contribution in [3.63, 3.8) is 0 Å². The van der Waals surface area contributed by atoms with Crippen LogP contribution in [0, 0.1) is 0 Å². The third-order valence-corrected chi connectivity index (χ3v) is 2.39. The van der Waals surface area contributed by atoms with Gasteiger partial charge in [0.05, 0.1) is 0 Å². The molecule has 92 valence electrons. The predicted molar refractivity (Wildman–Crippen MR) is 68.0 cm³/mol. The first kappa shape index (κ1) is 13.2. The van der Waals surface area contributed by atoms with Crippen LogP contribution in [0.25, 0.3) is 0 Å². The van der Waals surface area contributed by atoms with E-state index in [-0.39, 0.29) is 11.3 Å². The van der Waals surface area contributed by atoms with Gasteiger partial charge < -0.3 is 11.1 Å². The number of anilines is 1. The molecule has 17 heavy (non-hydrogen) atoms. The van der Waals surface area contributed by atoms with Crippen molar-refractivity contribution in [2.24, 2.45) is 5.73 Å². The van der Waals surface area contributed by atoms with Crippen LogP contribution in [0.5, 0.6) is 0 Å². The minimum absolute atomic E-state index is 0.169. The Bertz CT molecular complexity index is 459. The monoisotopic (exact) mass is 234 g/mol. The van der Waals surface area contributed by atoms with E-state index < -0.39 is 5.91 Å². The number of carbonyl (C=O) groups is 2. The molecular formula is C13H18N2O2. The highest BCUT2D eigenvalue weighted by Gasteiger charge is 2.24. The van der Waals surface area contributed by atoms with E-state index in [0.717, 1.165) is 5.56 Å². The zero-order valence-electron chi connectivity index (χ0n) is 10.6. The minimum Gasteiger partial charge on any atom is -0.366 e. The number of hydrogen-bond acceptors (Lipinski definition) is 2. The summed E-state index contributed by atoms with van der Waals surface area (Å²) >= 11 is 0. The number of rotatable bonds is 2. The Morgan fingerprint density at radius 2 is 1.82 bits per heavy atom. The van der Waals surface area contributed by atoms with Crippen LogP contribution in [-0.4, -0.2) is 11.8 Å². The molecule has 4 nitrogen and oxygen atoms in total. The van der Waals surface area contributed by atoms with Crippen molar-refractivity contribution < 1.29 is 9.59 Å². The van der Waals surface area contributed by atoms with Crippen LogP contribution in [0.3, 0.4) is 0 Å². The predicted octanol–water partition coefficient (Wildman–Crippen LogP) is 2.04. The van der Waals surface area contributed by atoms with Gasteiger partial charge in [-0.1, -0.05) is 26.8 Å². The summed E-state index contributed by atoms with van der Waals surface area (Å²) < 4.78 is 0. The van der Waals surface area contributed by atoms with Crippen LogP contribution in [0.1, 0.15) is 43.6 Å². The fraction of sp³-hybridized carbons (Fsp3) is 0.385. The molecule has 0 bridgehead atoms. The summed E-state index contributed by atoms with van der Waals surface area (Å²) in [4.78, 5) is 22.6. The highest BCUT2D eigenvalue weighted by atomic mass is 16.1. The molecular weight excluding hydrogens is 216 g/mol. The van der Waals surface area contributed by atoms with Gasteiger partial charge in [-0.05, 0) is 23.1 Å². The molecule has 0 aliphatic heterocycles. The Hall–Kier alpha value is -1.84. The highest BCUT2D eigenvalue weighted by molar-refractivity contribution is 5.98. The van der Waals surface area contributed by atoms with Gasteiger partial charge in [-0.2, -0.15) is 0 Å². The van der Waals surface area contributed by atoms with Crippen molar-refractivity contribution >= 4 is 17.5 Å². The lowest BCUT2D eigenvalue weighted by Crippen LogP contribution is -2.24. The van der Waals surface area contributed by atoms with Crippen LogP contribution in [-0.2, 0) is 10.2 Å². The van der Waals surface area contributed by atoms with Gasteiger partial charge in [0.1, 0.15) is 0 Å². The summed E-state index contributed by atoms with van der Waals surface area (Å²) in [6.45, 7) is 7.35. The number of nitrogens with one attached hydrogen (secondary N) is 1. The average Bonchev–Trinajstić information content (AvgIpc) is 2.14. The Balaban J connectivity index is 3.45. The lowest BCUT2D eigenvalue weighted by molar-refractivity contribution is -0.114. The van der Waals surface area contributed by atoms with E-state index in [1.54, 1.807) is 18.2 Å². The van der Waals surface area contributed by atoms with E-state index in [0.29, 0.717) is 11.3 Å². The van der Waals surface area contributed by atoms with Crippen molar-refractivity contribution in [2.75, 3.05) is 5.32 Å². The maximum atomic E-state index is 11.4. The van der Waals surface area contributed by atoms with E-state index in [4.69, 9.17) is 5.73 Å². The van der Waals surface area contributed by atoms with Crippen molar-refractivity contribution in [3.8, 4) is 0 Å². The molecule has 0 fully saturated rings. The first-order chi connectivity index (χ1) is 7.73. The summed E-state index contributed by atoms with van der Waals surface area (Å²) in [6, 6.07) is 5.16. The Kier molecular flexibility index (Phi) is 3.56. The van der Waals surface area contributed by atoms with Crippen molar-refractivity contribution in [1.29, 1.82) is 0 Å². The SMILES string of the molecule is CC(=O)Nc1cccc(C(N)=O)c1C(C)(C)C. The zero-order valence-corrected chi connectivity index (χ0v) is 10.6. The second-order valence-corrected chi connectivity index (χ2v) is 5.02. The maximum Gasteiger partial charge on any atom is 0.249 e. The molecule has 0 heterocycles. The highest BCUT2D eigenvalue weighted by Crippen LogP contribution is 2.32. The molecule has 0 radical (unpaired) electrons. The summed E-state index contributed by atoms with van der Waals surface area (Å²) in [5.74, 6) is -0.653. The Morgan fingerprint density at radius 1 is 1.24 bits per heavy atom. The fourth-order valence-electron chi connectivity index (χ4n) is 1.86. The third-order valence-electron chi connectivity index (χ3n) is 2.39. The van der Waals surface area contributed by atoms with Gasteiger partial charge in [-0.15, -0.1) is 0 Å². The van der Waals surface area contributed by atoms with Crippen molar-refractivity contribution in [1.82, 2.24) is 0 Å². The Labute approximate surface area is 101 Å². The summed E-state index contributed by atoms with van der Waals surface area (Å²) in [7, 11) is 0.